The van der Waals surface area contributed by atoms with E-state index in [2.05, 4.69) is 58.7 Å². The number of terminal acetylenes is 1. The summed E-state index contributed by atoms with van der Waals surface area (Å²) in [4.78, 5) is 66.7. The van der Waals surface area contributed by atoms with Crippen LogP contribution in [-0.2, 0) is 22.6 Å². The van der Waals surface area contributed by atoms with Gasteiger partial charge in [-0.3, -0.25) is 9.59 Å². The number of aromatic amines is 1. The Morgan fingerprint density at radius 2 is 1.71 bits per heavy atom. The van der Waals surface area contributed by atoms with Crippen LogP contribution in [0.15, 0.2) is 67.0 Å². The number of piperazine rings is 1. The number of benzene rings is 2. The number of piperidine rings is 1. The molecule has 18 heteroatoms. The van der Waals surface area contributed by atoms with E-state index in [1.165, 1.54) is 10.5 Å². The van der Waals surface area contributed by atoms with Crippen molar-refractivity contribution in [3.05, 3.63) is 94.9 Å². The number of amides is 4. The summed E-state index contributed by atoms with van der Waals surface area (Å²) in [7, 11) is 0. The van der Waals surface area contributed by atoms with Crippen molar-refractivity contribution in [3.63, 3.8) is 0 Å². The number of rotatable bonds is 13. The molecule has 6 N–H and O–H groups in total. The van der Waals surface area contributed by atoms with E-state index >= 15 is 0 Å². The predicted octanol–water partition coefficient (Wildman–Crippen LogP) is 4.55. The molecule has 0 radical (unpaired) electrons. The van der Waals surface area contributed by atoms with E-state index in [4.69, 9.17) is 16.4 Å². The van der Waals surface area contributed by atoms with Crippen LogP contribution >= 0.6 is 0 Å². The number of hydrogen-bond acceptors (Lipinski definition) is 13. The van der Waals surface area contributed by atoms with Gasteiger partial charge < -0.3 is 55.6 Å². The molecule has 1 saturated carbocycles. The van der Waals surface area contributed by atoms with Gasteiger partial charge >= 0.3 is 6.03 Å². The van der Waals surface area contributed by atoms with E-state index in [0.29, 0.717) is 48.7 Å². The summed E-state index contributed by atoms with van der Waals surface area (Å²) in [5.74, 6) is 3.20. The molecule has 3 aromatic heterocycles. The number of carbonyl (C=O) groups excluding carboxylic acids is 3. The van der Waals surface area contributed by atoms with Gasteiger partial charge in [0.15, 0.2) is 5.65 Å². The van der Waals surface area contributed by atoms with Crippen molar-refractivity contribution >= 4 is 34.8 Å². The quantitative estimate of drug-likeness (QED) is 0.0896. The van der Waals surface area contributed by atoms with Gasteiger partial charge in [-0.2, -0.15) is 0 Å². The Balaban J connectivity index is 0.677. The number of phenols is 1. The predicted molar refractivity (Wildman–Crippen MR) is 285 cm³/mol. The number of nitrogens with zero attached hydrogens (tertiary/aromatic N) is 9. The topological polar surface area (TPSA) is 211 Å². The van der Waals surface area contributed by atoms with Gasteiger partial charge in [0, 0.05) is 123 Å². The Kier molecular flexibility index (Phi) is 14.0. The first-order valence-corrected chi connectivity index (χ1v) is 27.0. The maximum absolute atomic E-state index is 14.8. The molecule has 8 heterocycles. The fourth-order valence-corrected chi connectivity index (χ4v) is 12.9. The van der Waals surface area contributed by atoms with E-state index in [0.717, 1.165) is 118 Å². The molecule has 11 rings (SSSR count). The molecule has 2 aromatic carbocycles. The van der Waals surface area contributed by atoms with Crippen molar-refractivity contribution in [2.45, 2.75) is 108 Å². The molecule has 394 valence electrons. The summed E-state index contributed by atoms with van der Waals surface area (Å²) in [6.07, 6.45) is 14.5. The molecule has 0 unspecified atom stereocenters. The number of β-amino-alcohol motifs (C(OH)–C–C–N with tert-alkyl or cyclic N) is 1. The second-order valence-electron chi connectivity index (χ2n) is 22.9. The van der Waals surface area contributed by atoms with Crippen LogP contribution in [0.3, 0.4) is 0 Å². The van der Waals surface area contributed by atoms with E-state index < -0.39 is 23.6 Å². The number of nitrogens with one attached hydrogen (secondary N) is 4. The zero-order valence-electron chi connectivity index (χ0n) is 43.5. The third kappa shape index (κ3) is 10.3. The SMILES string of the molecule is C#Cc1ccc(CNC(=O)[C@@H]2C[C@@H](O)CN2C(=O)[C@H](NC(=O)N2CC3(CC(N4CCC(c5cnc(N6CCc7[nH]c8nnc(-c9ccccc9O)cc8c7[C@H]6C)nc5)CC4)C3)C2)C(C)(C)CCN2CCNCC2)cc1. The number of anilines is 1. The molecule has 1 spiro atoms. The second-order valence-corrected chi connectivity index (χ2v) is 22.9. The third-order valence-corrected chi connectivity index (χ3v) is 17.5. The van der Waals surface area contributed by atoms with Crippen LogP contribution in [0.4, 0.5) is 10.7 Å². The van der Waals surface area contributed by atoms with Crippen molar-refractivity contribution < 1.29 is 24.6 Å². The monoisotopic (exact) mass is 1020 g/mol. The maximum Gasteiger partial charge on any atom is 0.318 e. The van der Waals surface area contributed by atoms with Crippen molar-refractivity contribution in [3.8, 4) is 29.4 Å². The molecule has 5 aliphatic heterocycles. The molecule has 4 saturated heterocycles. The lowest BCUT2D eigenvalue weighted by Gasteiger charge is -2.61. The van der Waals surface area contributed by atoms with E-state index in [1.807, 2.05) is 73.6 Å². The molecule has 5 aromatic rings. The molecular formula is C57H71N13O5. The number of urea groups is 1. The van der Waals surface area contributed by atoms with E-state index in [-0.39, 0.29) is 54.6 Å². The maximum atomic E-state index is 14.8. The molecule has 18 nitrogen and oxygen atoms in total. The standard InChI is InChI=1S/C57H71N13O5/c1-5-37-10-12-38(13-11-37)30-59-52(73)47-26-42(71)33-70(47)53(74)50(56(3,4)17-23-66-24-18-58-19-25-66)63-55(75)68-34-57(35-68)28-41(29-57)67-20-14-39(15-21-67)40-31-60-54(61-32-40)69-22-16-45-49(36(69)2)44-27-46(64-65-51(44)62-45)43-8-6-7-9-48(43)72/h1,6-13,27,31-32,36,39,41-42,47,50,58,71-72H,14-26,28-30,33-35H2,2-4H3,(H,59,73)(H,62,65)(H,63,75)/t36-,42-,47+,50+/m1/s1. The number of likely N-dealkylation sites (tertiary alicyclic amines) is 3. The minimum atomic E-state index is -0.900. The fourth-order valence-electron chi connectivity index (χ4n) is 12.9. The summed E-state index contributed by atoms with van der Waals surface area (Å²) >= 11 is 0. The Morgan fingerprint density at radius 3 is 2.43 bits per heavy atom. The van der Waals surface area contributed by atoms with Gasteiger partial charge in [-0.05, 0) is 111 Å². The largest absolute Gasteiger partial charge is 0.507 e. The zero-order chi connectivity index (χ0) is 52.0. The van der Waals surface area contributed by atoms with Crippen LogP contribution in [0.2, 0.25) is 0 Å². The Hall–Kier alpha value is -6.65. The molecule has 0 bridgehead atoms. The average molecular weight is 1020 g/mol. The fraction of sp³-hybridized carbons (Fsp3) is 0.526. The lowest BCUT2D eigenvalue weighted by molar-refractivity contribution is -0.142. The normalized spacial score (nSPS) is 22.8. The van der Waals surface area contributed by atoms with E-state index in [9.17, 15) is 24.6 Å². The van der Waals surface area contributed by atoms with Crippen molar-refractivity contribution in [1.29, 1.82) is 0 Å². The summed E-state index contributed by atoms with van der Waals surface area (Å²) in [6.45, 7) is 15.0. The lowest BCUT2D eigenvalue weighted by atomic mass is 9.60. The van der Waals surface area contributed by atoms with Gasteiger partial charge in [-0.15, -0.1) is 16.6 Å². The van der Waals surface area contributed by atoms with Gasteiger partial charge in [-0.25, -0.2) is 14.8 Å². The van der Waals surface area contributed by atoms with Gasteiger partial charge in [0.2, 0.25) is 17.8 Å². The van der Waals surface area contributed by atoms with Crippen molar-refractivity contribution in [2.24, 2.45) is 10.8 Å². The summed E-state index contributed by atoms with van der Waals surface area (Å²) in [5, 5.41) is 40.8. The molecule has 1 aliphatic carbocycles. The Bertz CT molecular complexity index is 2930. The van der Waals surface area contributed by atoms with Gasteiger partial charge in [-0.1, -0.05) is 44.0 Å². The average Bonchev–Trinajstić information content (AvgIpc) is 3.99. The van der Waals surface area contributed by atoms with Crippen LogP contribution in [-0.4, -0.2) is 169 Å². The van der Waals surface area contributed by atoms with Crippen LogP contribution in [0.25, 0.3) is 22.3 Å². The number of aliphatic hydroxyl groups is 1. The number of aromatic nitrogens is 5. The van der Waals surface area contributed by atoms with Crippen LogP contribution < -0.4 is 20.9 Å². The molecule has 4 atom stereocenters. The third-order valence-electron chi connectivity index (χ3n) is 17.5. The highest BCUT2D eigenvalue weighted by molar-refractivity contribution is 5.93. The summed E-state index contributed by atoms with van der Waals surface area (Å²) in [6, 6.07) is 15.0. The number of fused-ring (bicyclic) bond motifs is 3. The van der Waals surface area contributed by atoms with Gasteiger partial charge in [0.1, 0.15) is 17.8 Å². The zero-order valence-corrected chi connectivity index (χ0v) is 43.5. The van der Waals surface area contributed by atoms with E-state index in [1.54, 1.807) is 12.1 Å². The summed E-state index contributed by atoms with van der Waals surface area (Å²) < 4.78 is 0. The molecule has 5 fully saturated rings. The Morgan fingerprint density at radius 1 is 0.973 bits per heavy atom. The highest BCUT2D eigenvalue weighted by Gasteiger charge is 2.56. The number of phenolic OH excluding ortho intramolecular Hbond substituents is 1. The lowest BCUT2D eigenvalue weighted by Crippen LogP contribution is -2.70. The second kappa shape index (κ2) is 20.8. The number of H-pyrrole nitrogens is 1. The first kappa shape index (κ1) is 50.5. The molecule has 4 amide bonds. The molecule has 6 aliphatic rings. The first-order valence-electron chi connectivity index (χ1n) is 27.0. The first-order chi connectivity index (χ1) is 36.2. The number of aliphatic hydroxyl groups excluding tert-OH is 1. The molecular weight excluding hydrogens is 947 g/mol. The van der Waals surface area contributed by atoms with Crippen LogP contribution in [0, 0.1) is 23.2 Å². The summed E-state index contributed by atoms with van der Waals surface area (Å²) in [5.41, 5.74) is 6.55. The number of para-hydroxylation sites is 1. The highest BCUT2D eigenvalue weighted by atomic mass is 16.3. The van der Waals surface area contributed by atoms with Crippen molar-refractivity contribution in [2.75, 3.05) is 76.9 Å². The number of carbonyl (C=O) groups is 3. The minimum absolute atomic E-state index is 0.00725. The highest BCUT2D eigenvalue weighted by Crippen LogP contribution is 2.51. The minimum Gasteiger partial charge on any atom is -0.507 e. The number of hydrogen-bond donors (Lipinski definition) is 6. The van der Waals surface area contributed by atoms with Crippen molar-refractivity contribution in [1.82, 2.24) is 60.7 Å². The van der Waals surface area contributed by atoms with Gasteiger partial charge in [0.05, 0.1) is 17.8 Å². The van der Waals surface area contributed by atoms with Crippen LogP contribution in [0.1, 0.15) is 99.2 Å². The number of aromatic hydroxyl groups is 1. The smallest absolute Gasteiger partial charge is 0.318 e. The Labute approximate surface area is 439 Å². The van der Waals surface area contributed by atoms with Gasteiger partial charge in [0.25, 0.3) is 0 Å². The van der Waals surface area contributed by atoms with Crippen LogP contribution in [0.5, 0.6) is 5.75 Å². The molecule has 75 heavy (non-hydrogen) atoms.